The van der Waals surface area contributed by atoms with Crippen LogP contribution >= 0.6 is 11.3 Å². The minimum atomic E-state index is 0.689. The Balaban J connectivity index is 1.68. The number of hydrogen-bond acceptors (Lipinski definition) is 4. The molecule has 0 bridgehead atoms. The molecule has 4 heteroatoms. The highest BCUT2D eigenvalue weighted by atomic mass is 32.1. The third-order valence-corrected chi connectivity index (χ3v) is 4.04. The standard InChI is InChI=1S/C11H17N3S/c1-2-9(12-5-1)8-14(10-3-4-10)11-13-6-7-15-11/h6-7,9-10,12H,1-5,8H2. The van der Waals surface area contributed by atoms with Gasteiger partial charge in [0.25, 0.3) is 0 Å². The Hall–Kier alpha value is -0.610. The molecule has 15 heavy (non-hydrogen) atoms. The molecule has 2 heterocycles. The molecule has 82 valence electrons. The number of nitrogens with one attached hydrogen (secondary N) is 1. The lowest BCUT2D eigenvalue weighted by Gasteiger charge is -2.25. The van der Waals surface area contributed by atoms with Crippen molar-refractivity contribution in [1.82, 2.24) is 10.3 Å². The monoisotopic (exact) mass is 223 g/mol. The molecule has 0 radical (unpaired) electrons. The molecule has 1 N–H and O–H groups in total. The van der Waals surface area contributed by atoms with Gasteiger partial charge in [0, 0.05) is 30.2 Å². The topological polar surface area (TPSA) is 28.2 Å². The van der Waals surface area contributed by atoms with Gasteiger partial charge in [-0.15, -0.1) is 11.3 Å². The van der Waals surface area contributed by atoms with Crippen molar-refractivity contribution < 1.29 is 0 Å². The lowest BCUT2D eigenvalue weighted by Crippen LogP contribution is -2.38. The number of rotatable bonds is 4. The summed E-state index contributed by atoms with van der Waals surface area (Å²) in [5.41, 5.74) is 0. The van der Waals surface area contributed by atoms with E-state index in [4.69, 9.17) is 0 Å². The SMILES string of the molecule is c1csc(N(CC2CCCN2)C2CC2)n1. The zero-order valence-corrected chi connectivity index (χ0v) is 9.67. The zero-order valence-electron chi connectivity index (χ0n) is 8.85. The molecule has 0 amide bonds. The number of anilines is 1. The smallest absolute Gasteiger partial charge is 0.185 e. The van der Waals surface area contributed by atoms with Gasteiger partial charge in [-0.05, 0) is 32.2 Å². The van der Waals surface area contributed by atoms with Crippen molar-refractivity contribution in [3.05, 3.63) is 11.6 Å². The van der Waals surface area contributed by atoms with Crippen LogP contribution in [-0.4, -0.2) is 30.2 Å². The van der Waals surface area contributed by atoms with E-state index in [1.54, 1.807) is 11.3 Å². The summed E-state index contributed by atoms with van der Waals surface area (Å²) >= 11 is 1.77. The van der Waals surface area contributed by atoms with Gasteiger partial charge in [0.2, 0.25) is 0 Å². The fourth-order valence-electron chi connectivity index (χ4n) is 2.28. The van der Waals surface area contributed by atoms with Crippen LogP contribution in [0.2, 0.25) is 0 Å². The van der Waals surface area contributed by atoms with E-state index in [0.717, 1.165) is 12.6 Å². The quantitative estimate of drug-likeness (QED) is 0.844. The van der Waals surface area contributed by atoms with Gasteiger partial charge < -0.3 is 10.2 Å². The number of nitrogens with zero attached hydrogens (tertiary/aromatic N) is 2. The van der Waals surface area contributed by atoms with E-state index in [2.05, 4.69) is 20.6 Å². The molecule has 3 nitrogen and oxygen atoms in total. The third kappa shape index (κ3) is 2.16. The van der Waals surface area contributed by atoms with Crippen LogP contribution in [0.1, 0.15) is 25.7 Å². The molecule has 1 unspecified atom stereocenters. The van der Waals surface area contributed by atoms with Crippen molar-refractivity contribution in [3.8, 4) is 0 Å². The molecule has 0 spiro atoms. The summed E-state index contributed by atoms with van der Waals surface area (Å²) in [6.45, 7) is 2.35. The van der Waals surface area contributed by atoms with Crippen LogP contribution in [0.5, 0.6) is 0 Å². The van der Waals surface area contributed by atoms with Crippen molar-refractivity contribution in [2.45, 2.75) is 37.8 Å². The fraction of sp³-hybridized carbons (Fsp3) is 0.727. The second kappa shape index (κ2) is 4.10. The van der Waals surface area contributed by atoms with Crippen molar-refractivity contribution >= 4 is 16.5 Å². The Morgan fingerprint density at radius 1 is 1.47 bits per heavy atom. The summed E-state index contributed by atoms with van der Waals surface area (Å²) in [7, 11) is 0. The lowest BCUT2D eigenvalue weighted by atomic mass is 10.2. The van der Waals surface area contributed by atoms with Crippen LogP contribution in [0.15, 0.2) is 11.6 Å². The summed E-state index contributed by atoms with van der Waals surface area (Å²) < 4.78 is 0. The molecule has 1 aliphatic carbocycles. The highest BCUT2D eigenvalue weighted by molar-refractivity contribution is 7.13. The van der Waals surface area contributed by atoms with E-state index in [-0.39, 0.29) is 0 Å². The maximum atomic E-state index is 4.44. The average Bonchev–Trinajstić information content (AvgIpc) is 2.78. The first-order valence-electron chi connectivity index (χ1n) is 5.83. The van der Waals surface area contributed by atoms with Crippen molar-refractivity contribution in [2.75, 3.05) is 18.0 Å². The molecule has 1 aromatic heterocycles. The van der Waals surface area contributed by atoms with E-state index in [1.165, 1.54) is 37.4 Å². The lowest BCUT2D eigenvalue weighted by molar-refractivity contribution is 0.578. The first-order chi connectivity index (χ1) is 7.43. The summed E-state index contributed by atoms with van der Waals surface area (Å²) in [5.74, 6) is 0. The van der Waals surface area contributed by atoms with Gasteiger partial charge in [0.15, 0.2) is 5.13 Å². The average molecular weight is 223 g/mol. The van der Waals surface area contributed by atoms with Crippen LogP contribution < -0.4 is 10.2 Å². The second-order valence-electron chi connectivity index (χ2n) is 4.49. The molecule has 3 rings (SSSR count). The Morgan fingerprint density at radius 2 is 2.40 bits per heavy atom. The third-order valence-electron chi connectivity index (χ3n) is 3.23. The molecule has 1 saturated heterocycles. The predicted molar refractivity (Wildman–Crippen MR) is 63.5 cm³/mol. The van der Waals surface area contributed by atoms with E-state index in [1.807, 2.05) is 6.20 Å². The van der Waals surface area contributed by atoms with Gasteiger partial charge in [0.05, 0.1) is 0 Å². The van der Waals surface area contributed by atoms with Gasteiger partial charge in [-0.2, -0.15) is 0 Å². The Kier molecular flexibility index (Phi) is 2.63. The summed E-state index contributed by atoms with van der Waals surface area (Å²) in [4.78, 5) is 6.94. The van der Waals surface area contributed by atoms with Gasteiger partial charge >= 0.3 is 0 Å². The molecular formula is C11H17N3S. The predicted octanol–water partition coefficient (Wildman–Crippen LogP) is 1.86. The molecule has 1 saturated carbocycles. The summed E-state index contributed by atoms with van der Waals surface area (Å²) in [6.07, 6.45) is 7.28. The Bertz CT molecular complexity index is 302. The maximum Gasteiger partial charge on any atom is 0.185 e. The Morgan fingerprint density at radius 3 is 3.00 bits per heavy atom. The molecule has 1 aromatic rings. The highest BCUT2D eigenvalue weighted by Crippen LogP contribution is 2.33. The van der Waals surface area contributed by atoms with Gasteiger partial charge in [-0.25, -0.2) is 4.98 Å². The molecule has 2 aliphatic rings. The van der Waals surface area contributed by atoms with Crippen molar-refractivity contribution in [2.24, 2.45) is 0 Å². The molecular weight excluding hydrogens is 206 g/mol. The first-order valence-corrected chi connectivity index (χ1v) is 6.71. The Labute approximate surface area is 94.5 Å². The maximum absolute atomic E-state index is 4.44. The van der Waals surface area contributed by atoms with Crippen LogP contribution in [0, 0.1) is 0 Å². The number of hydrogen-bond donors (Lipinski definition) is 1. The molecule has 1 atom stereocenters. The summed E-state index contributed by atoms with van der Waals surface area (Å²) in [6, 6.07) is 1.47. The van der Waals surface area contributed by atoms with Gasteiger partial charge in [-0.3, -0.25) is 0 Å². The minimum absolute atomic E-state index is 0.689. The minimum Gasteiger partial charge on any atom is -0.344 e. The van der Waals surface area contributed by atoms with Gasteiger partial charge in [-0.1, -0.05) is 0 Å². The fourth-order valence-corrected chi connectivity index (χ4v) is 3.00. The van der Waals surface area contributed by atoms with Crippen molar-refractivity contribution in [3.63, 3.8) is 0 Å². The highest BCUT2D eigenvalue weighted by Gasteiger charge is 2.32. The van der Waals surface area contributed by atoms with E-state index < -0.39 is 0 Å². The van der Waals surface area contributed by atoms with Crippen LogP contribution in [0.25, 0.3) is 0 Å². The van der Waals surface area contributed by atoms with Crippen LogP contribution in [0.4, 0.5) is 5.13 Å². The molecule has 1 aliphatic heterocycles. The molecule has 2 fully saturated rings. The van der Waals surface area contributed by atoms with Gasteiger partial charge in [0.1, 0.15) is 0 Å². The van der Waals surface area contributed by atoms with E-state index in [9.17, 15) is 0 Å². The number of aromatic nitrogens is 1. The van der Waals surface area contributed by atoms with E-state index in [0.29, 0.717) is 6.04 Å². The molecule has 0 aromatic carbocycles. The first kappa shape index (κ1) is 9.60. The van der Waals surface area contributed by atoms with E-state index >= 15 is 0 Å². The normalized spacial score (nSPS) is 25.7. The largest absolute Gasteiger partial charge is 0.344 e. The van der Waals surface area contributed by atoms with Crippen molar-refractivity contribution in [1.29, 1.82) is 0 Å². The second-order valence-corrected chi connectivity index (χ2v) is 5.36. The summed E-state index contributed by atoms with van der Waals surface area (Å²) in [5, 5.41) is 6.86. The zero-order chi connectivity index (χ0) is 10.1. The van der Waals surface area contributed by atoms with Crippen LogP contribution in [0.3, 0.4) is 0 Å². The number of thiazole rings is 1. The van der Waals surface area contributed by atoms with Crippen LogP contribution in [-0.2, 0) is 0 Å².